The van der Waals surface area contributed by atoms with E-state index in [1.54, 1.807) is 0 Å². The van der Waals surface area contributed by atoms with Crippen LogP contribution in [-0.4, -0.2) is 67.3 Å². The van der Waals surface area contributed by atoms with E-state index < -0.39 is 5.60 Å². The van der Waals surface area contributed by atoms with Gasteiger partial charge in [-0.25, -0.2) is 4.79 Å². The molecule has 0 spiro atoms. The average molecular weight is 354 g/mol. The highest BCUT2D eigenvalue weighted by Crippen LogP contribution is 2.25. The number of nitrogens with zero attached hydrogens (tertiary/aromatic N) is 2. The zero-order valence-electron chi connectivity index (χ0n) is 16.7. The lowest BCUT2D eigenvalue weighted by Crippen LogP contribution is -2.50. The van der Waals surface area contributed by atoms with Gasteiger partial charge < -0.3 is 15.0 Å². The molecule has 5 heteroatoms. The lowest BCUT2D eigenvalue weighted by Gasteiger charge is -2.35. The number of rotatable bonds is 7. The van der Waals surface area contributed by atoms with Crippen LogP contribution in [0.4, 0.5) is 4.79 Å². The van der Waals surface area contributed by atoms with Gasteiger partial charge in [0.1, 0.15) is 5.60 Å². The molecule has 1 amide bonds. The topological polar surface area (TPSA) is 44.8 Å². The fraction of sp³-hybridized carbons (Fsp3) is 0.950. The predicted molar refractivity (Wildman–Crippen MR) is 103 cm³/mol. The molecule has 2 fully saturated rings. The van der Waals surface area contributed by atoms with Gasteiger partial charge in [-0.3, -0.25) is 4.90 Å². The molecular formula is C20H39N3O2. The molecule has 0 unspecified atom stereocenters. The monoisotopic (exact) mass is 353 g/mol. The third kappa shape index (κ3) is 8.41. The first-order chi connectivity index (χ1) is 11.9. The Balaban J connectivity index is 1.47. The van der Waals surface area contributed by atoms with Crippen molar-refractivity contribution >= 4 is 6.09 Å². The van der Waals surface area contributed by atoms with E-state index in [-0.39, 0.29) is 6.09 Å². The Labute approximate surface area is 154 Å². The van der Waals surface area contributed by atoms with Crippen molar-refractivity contribution in [3.63, 3.8) is 0 Å². The summed E-state index contributed by atoms with van der Waals surface area (Å²) in [6.45, 7) is 12.7. The summed E-state index contributed by atoms with van der Waals surface area (Å²) in [4.78, 5) is 16.4. The fourth-order valence-corrected chi connectivity index (χ4v) is 3.82. The standard InChI is InChI=1S/C20H39N3O2/c1-20(2,3)25-19(24)23-16-14-22(15-17-23)13-7-11-21-12-10-18-8-5-4-6-9-18/h18,21H,4-17H2,1-3H3. The quantitative estimate of drug-likeness (QED) is 0.712. The van der Waals surface area contributed by atoms with Crippen molar-refractivity contribution in [2.45, 2.75) is 71.3 Å². The van der Waals surface area contributed by atoms with Crippen LogP contribution >= 0.6 is 0 Å². The summed E-state index contributed by atoms with van der Waals surface area (Å²) in [5, 5.41) is 3.61. The van der Waals surface area contributed by atoms with Gasteiger partial charge in [0.15, 0.2) is 0 Å². The van der Waals surface area contributed by atoms with Crippen molar-refractivity contribution in [2.75, 3.05) is 45.8 Å². The number of hydrogen-bond acceptors (Lipinski definition) is 4. The molecule has 0 aromatic carbocycles. The molecule has 1 saturated carbocycles. The normalized spacial score (nSPS) is 20.7. The second-order valence-electron chi connectivity index (χ2n) is 8.71. The van der Waals surface area contributed by atoms with Crippen molar-refractivity contribution in [2.24, 2.45) is 5.92 Å². The first-order valence-electron chi connectivity index (χ1n) is 10.3. The smallest absolute Gasteiger partial charge is 0.410 e. The molecule has 5 nitrogen and oxygen atoms in total. The van der Waals surface area contributed by atoms with E-state index in [2.05, 4.69) is 10.2 Å². The van der Waals surface area contributed by atoms with Gasteiger partial charge in [0.25, 0.3) is 0 Å². The Kier molecular flexibility index (Phi) is 8.50. The third-order valence-corrected chi connectivity index (χ3v) is 5.31. The lowest BCUT2D eigenvalue weighted by atomic mass is 9.87. The van der Waals surface area contributed by atoms with Gasteiger partial charge in [0.2, 0.25) is 0 Å². The van der Waals surface area contributed by atoms with Gasteiger partial charge >= 0.3 is 6.09 Å². The molecule has 1 saturated heterocycles. The van der Waals surface area contributed by atoms with Crippen molar-refractivity contribution in [1.29, 1.82) is 0 Å². The third-order valence-electron chi connectivity index (χ3n) is 5.31. The first kappa shape index (κ1) is 20.5. The first-order valence-corrected chi connectivity index (χ1v) is 10.3. The van der Waals surface area contributed by atoms with Crippen LogP contribution in [0.25, 0.3) is 0 Å². The van der Waals surface area contributed by atoms with E-state index in [9.17, 15) is 4.79 Å². The Bertz CT molecular complexity index is 381. The van der Waals surface area contributed by atoms with Crippen molar-refractivity contribution in [3.05, 3.63) is 0 Å². The highest BCUT2D eigenvalue weighted by Gasteiger charge is 2.25. The number of carbonyl (C=O) groups is 1. The molecule has 1 aliphatic heterocycles. The average Bonchev–Trinajstić information content (AvgIpc) is 2.58. The number of hydrogen-bond donors (Lipinski definition) is 1. The summed E-state index contributed by atoms with van der Waals surface area (Å²) in [6, 6.07) is 0. The zero-order valence-corrected chi connectivity index (χ0v) is 16.7. The molecule has 0 atom stereocenters. The van der Waals surface area contributed by atoms with Crippen LogP contribution in [0.2, 0.25) is 0 Å². The minimum Gasteiger partial charge on any atom is -0.444 e. The van der Waals surface area contributed by atoms with E-state index in [0.717, 1.165) is 45.2 Å². The van der Waals surface area contributed by atoms with E-state index >= 15 is 0 Å². The Morgan fingerprint density at radius 1 is 1.04 bits per heavy atom. The van der Waals surface area contributed by atoms with Gasteiger partial charge in [-0.05, 0) is 59.2 Å². The van der Waals surface area contributed by atoms with Crippen LogP contribution < -0.4 is 5.32 Å². The molecule has 1 aliphatic carbocycles. The summed E-state index contributed by atoms with van der Waals surface area (Å²) in [5.41, 5.74) is -0.405. The lowest BCUT2D eigenvalue weighted by molar-refractivity contribution is 0.0144. The molecule has 0 aromatic rings. The van der Waals surface area contributed by atoms with Gasteiger partial charge in [-0.2, -0.15) is 0 Å². The number of carbonyl (C=O) groups excluding carboxylic acids is 1. The van der Waals surface area contributed by atoms with Crippen LogP contribution in [0.1, 0.15) is 65.7 Å². The summed E-state index contributed by atoms with van der Waals surface area (Å²) in [7, 11) is 0. The van der Waals surface area contributed by atoms with Gasteiger partial charge in [0.05, 0.1) is 0 Å². The molecule has 2 aliphatic rings. The highest BCUT2D eigenvalue weighted by atomic mass is 16.6. The second-order valence-corrected chi connectivity index (χ2v) is 8.71. The number of amides is 1. The van der Waals surface area contributed by atoms with Crippen molar-refractivity contribution in [1.82, 2.24) is 15.1 Å². The van der Waals surface area contributed by atoms with Crippen LogP contribution in [0.15, 0.2) is 0 Å². The SMILES string of the molecule is CC(C)(C)OC(=O)N1CCN(CCCNCCC2CCCCC2)CC1. The van der Waals surface area contributed by atoms with E-state index in [0.29, 0.717) is 0 Å². The predicted octanol–water partition coefficient (Wildman–Crippen LogP) is 3.49. The molecular weight excluding hydrogens is 314 g/mol. The second kappa shape index (κ2) is 10.4. The summed E-state index contributed by atoms with van der Waals surface area (Å²) >= 11 is 0. The van der Waals surface area contributed by atoms with E-state index in [1.807, 2.05) is 25.7 Å². The van der Waals surface area contributed by atoms with Crippen molar-refractivity contribution < 1.29 is 9.53 Å². The van der Waals surface area contributed by atoms with Gasteiger partial charge in [0, 0.05) is 26.2 Å². The zero-order chi connectivity index (χ0) is 18.1. The highest BCUT2D eigenvalue weighted by molar-refractivity contribution is 5.68. The molecule has 25 heavy (non-hydrogen) atoms. The van der Waals surface area contributed by atoms with Gasteiger partial charge in [-0.1, -0.05) is 32.1 Å². The van der Waals surface area contributed by atoms with Crippen molar-refractivity contribution in [3.8, 4) is 0 Å². The summed E-state index contributed by atoms with van der Waals surface area (Å²) in [6.07, 6.45) is 9.61. The maximum Gasteiger partial charge on any atom is 0.410 e. The van der Waals surface area contributed by atoms with E-state index in [1.165, 1.54) is 51.5 Å². The number of ether oxygens (including phenoxy) is 1. The Morgan fingerprint density at radius 2 is 1.72 bits per heavy atom. The number of nitrogens with one attached hydrogen (secondary N) is 1. The van der Waals surface area contributed by atoms with Crippen LogP contribution in [-0.2, 0) is 4.74 Å². The maximum absolute atomic E-state index is 12.1. The van der Waals surface area contributed by atoms with E-state index in [4.69, 9.17) is 4.74 Å². The molecule has 1 heterocycles. The molecule has 0 bridgehead atoms. The maximum atomic E-state index is 12.1. The molecule has 1 N–H and O–H groups in total. The Hall–Kier alpha value is -0.810. The molecule has 0 radical (unpaired) electrons. The van der Waals surface area contributed by atoms with Crippen LogP contribution in [0.3, 0.4) is 0 Å². The van der Waals surface area contributed by atoms with Crippen LogP contribution in [0, 0.1) is 5.92 Å². The summed E-state index contributed by atoms with van der Waals surface area (Å²) in [5.74, 6) is 0.974. The van der Waals surface area contributed by atoms with Gasteiger partial charge in [-0.15, -0.1) is 0 Å². The molecule has 146 valence electrons. The molecule has 0 aromatic heterocycles. The number of piperazine rings is 1. The Morgan fingerprint density at radius 3 is 2.36 bits per heavy atom. The minimum atomic E-state index is -0.405. The fourth-order valence-electron chi connectivity index (χ4n) is 3.82. The summed E-state index contributed by atoms with van der Waals surface area (Å²) < 4.78 is 5.45. The largest absolute Gasteiger partial charge is 0.444 e. The minimum absolute atomic E-state index is 0.170. The van der Waals surface area contributed by atoms with Crippen LogP contribution in [0.5, 0.6) is 0 Å². The molecule has 2 rings (SSSR count).